The van der Waals surface area contributed by atoms with Gasteiger partial charge in [-0.05, 0) is 44.2 Å². The van der Waals surface area contributed by atoms with Gasteiger partial charge in [0.1, 0.15) is 11.5 Å². The van der Waals surface area contributed by atoms with E-state index < -0.39 is 0 Å². The second-order valence-corrected chi connectivity index (χ2v) is 7.74. The van der Waals surface area contributed by atoms with Crippen LogP contribution in [0.15, 0.2) is 27.8 Å². The summed E-state index contributed by atoms with van der Waals surface area (Å²) in [6, 6.07) is 4.32. The van der Waals surface area contributed by atoms with Gasteiger partial charge in [0, 0.05) is 24.2 Å². The van der Waals surface area contributed by atoms with E-state index in [0.717, 1.165) is 24.4 Å². The number of carbonyl (C=O) groups is 2. The molecule has 2 aliphatic carbocycles. The fourth-order valence-electron chi connectivity index (χ4n) is 3.63. The first kappa shape index (κ1) is 18.1. The Balaban J connectivity index is 1.48. The van der Waals surface area contributed by atoms with Crippen LogP contribution in [-0.4, -0.2) is 42.6 Å². The third-order valence-corrected chi connectivity index (χ3v) is 5.52. The van der Waals surface area contributed by atoms with Crippen LogP contribution in [0.1, 0.15) is 50.5 Å². The molecule has 7 heteroatoms. The molecule has 2 amide bonds. The summed E-state index contributed by atoms with van der Waals surface area (Å²) in [6.07, 6.45) is 3.46. The smallest absolute Gasteiger partial charge is 0.337 e. The van der Waals surface area contributed by atoms with Gasteiger partial charge < -0.3 is 19.8 Å². The first-order chi connectivity index (χ1) is 13.0. The average molecular weight is 373 g/mol. The number of nitrogens with zero attached hydrogens (tertiary/aromatic N) is 1. The third kappa shape index (κ3) is 4.18. The van der Waals surface area contributed by atoms with Gasteiger partial charge in [0.05, 0.1) is 25.3 Å². The van der Waals surface area contributed by atoms with E-state index in [9.17, 15) is 9.59 Å². The normalized spacial score (nSPS) is 24.6. The largest absolute Gasteiger partial charge is 0.464 e. The molecule has 0 radical (unpaired) electrons. The Bertz CT molecular complexity index is 765. The van der Waals surface area contributed by atoms with Crippen molar-refractivity contribution in [3.8, 4) is 0 Å². The maximum absolute atomic E-state index is 12.2. The van der Waals surface area contributed by atoms with Crippen LogP contribution in [0.3, 0.4) is 0 Å². The molecule has 1 aromatic rings. The number of ether oxygens (including phenoxy) is 1. The summed E-state index contributed by atoms with van der Waals surface area (Å²) in [7, 11) is 0. The molecule has 0 saturated heterocycles. The molecule has 2 saturated carbocycles. The Kier molecular flexibility index (Phi) is 4.95. The molecule has 2 N–H and O–H groups in total. The van der Waals surface area contributed by atoms with Gasteiger partial charge in [0.25, 0.3) is 0 Å². The zero-order valence-electron chi connectivity index (χ0n) is 15.9. The van der Waals surface area contributed by atoms with Crippen molar-refractivity contribution in [1.29, 1.82) is 0 Å². The fourth-order valence-corrected chi connectivity index (χ4v) is 3.63. The first-order valence-corrected chi connectivity index (χ1v) is 9.81. The molecule has 4 rings (SSSR count). The summed E-state index contributed by atoms with van der Waals surface area (Å²) in [5, 5.41) is 5.45. The molecule has 2 unspecified atom stereocenters. The van der Waals surface area contributed by atoms with Crippen molar-refractivity contribution in [1.82, 2.24) is 15.5 Å². The van der Waals surface area contributed by atoms with Crippen molar-refractivity contribution in [2.45, 2.75) is 51.6 Å². The summed E-state index contributed by atoms with van der Waals surface area (Å²) in [4.78, 5) is 26.3. The monoisotopic (exact) mass is 373 g/mol. The Morgan fingerprint density at radius 1 is 1.33 bits per heavy atom. The number of amides is 2. The van der Waals surface area contributed by atoms with Crippen LogP contribution in [0.4, 0.5) is 4.79 Å². The molecule has 2 atom stereocenters. The minimum Gasteiger partial charge on any atom is -0.464 e. The molecule has 0 spiro atoms. The van der Waals surface area contributed by atoms with Gasteiger partial charge in [-0.25, -0.2) is 9.59 Å². The second-order valence-electron chi connectivity index (χ2n) is 7.74. The van der Waals surface area contributed by atoms with Crippen molar-refractivity contribution in [3.63, 3.8) is 0 Å². The number of hydrogen-bond acceptors (Lipinski definition) is 5. The van der Waals surface area contributed by atoms with Crippen molar-refractivity contribution >= 4 is 12.0 Å². The number of nitrogens with one attached hydrogen (secondary N) is 2. The summed E-state index contributed by atoms with van der Waals surface area (Å²) < 4.78 is 11.2. The van der Waals surface area contributed by atoms with Gasteiger partial charge in [-0.3, -0.25) is 4.90 Å². The van der Waals surface area contributed by atoms with Gasteiger partial charge in [-0.1, -0.05) is 6.92 Å². The highest BCUT2D eigenvalue weighted by Crippen LogP contribution is 2.47. The second kappa shape index (κ2) is 7.38. The average Bonchev–Trinajstić information content (AvgIpc) is 3.55. The predicted octanol–water partition coefficient (Wildman–Crippen LogP) is 2.50. The molecule has 1 aromatic heterocycles. The molecular weight excluding hydrogens is 346 g/mol. The van der Waals surface area contributed by atoms with E-state index in [2.05, 4.69) is 34.6 Å². The molecule has 3 aliphatic rings. The van der Waals surface area contributed by atoms with Gasteiger partial charge in [-0.2, -0.15) is 0 Å². The van der Waals surface area contributed by atoms with E-state index in [1.54, 1.807) is 6.92 Å². The summed E-state index contributed by atoms with van der Waals surface area (Å²) >= 11 is 0. The molecule has 1 aliphatic heterocycles. The minimum absolute atomic E-state index is 0.197. The summed E-state index contributed by atoms with van der Waals surface area (Å²) in [6.45, 7) is 5.70. The molecule has 7 nitrogen and oxygen atoms in total. The molecule has 27 heavy (non-hydrogen) atoms. The number of rotatable bonds is 8. The van der Waals surface area contributed by atoms with Crippen LogP contribution < -0.4 is 10.6 Å². The molecule has 2 fully saturated rings. The zero-order chi connectivity index (χ0) is 19.0. The first-order valence-electron chi connectivity index (χ1n) is 9.81. The van der Waals surface area contributed by atoms with Gasteiger partial charge >= 0.3 is 12.0 Å². The standard InChI is InChI=1S/C20H27N3O4/c1-3-26-19(24)16-9-21-20(25)22-17(16)11-23(13-4-5-13)10-14-6-7-18(27-14)15-8-12(15)2/h6-7,12-13,15H,3-5,8-11H2,1-2H3,(H2,21,22,25). The van der Waals surface area contributed by atoms with Crippen molar-refractivity contribution in [2.75, 3.05) is 19.7 Å². The lowest BCUT2D eigenvalue weighted by Crippen LogP contribution is -2.47. The maximum Gasteiger partial charge on any atom is 0.337 e. The van der Waals surface area contributed by atoms with Crippen LogP contribution in [0.5, 0.6) is 0 Å². The van der Waals surface area contributed by atoms with Crippen LogP contribution in [0, 0.1) is 5.92 Å². The topological polar surface area (TPSA) is 83.8 Å². The number of urea groups is 1. The third-order valence-electron chi connectivity index (χ3n) is 5.52. The number of furan rings is 1. The van der Waals surface area contributed by atoms with E-state index in [0.29, 0.717) is 48.8 Å². The summed E-state index contributed by atoms with van der Waals surface area (Å²) in [5.41, 5.74) is 1.13. The molecular formula is C20H27N3O4. The van der Waals surface area contributed by atoms with Crippen molar-refractivity contribution < 1.29 is 18.7 Å². The Morgan fingerprint density at radius 3 is 2.78 bits per heavy atom. The summed E-state index contributed by atoms with van der Waals surface area (Å²) in [5.74, 6) is 2.92. The van der Waals surface area contributed by atoms with Crippen LogP contribution in [0.2, 0.25) is 0 Å². The molecule has 0 aromatic carbocycles. The molecule has 0 bridgehead atoms. The highest BCUT2D eigenvalue weighted by atomic mass is 16.5. The minimum atomic E-state index is -0.376. The van der Waals surface area contributed by atoms with E-state index in [1.807, 2.05) is 0 Å². The lowest BCUT2D eigenvalue weighted by molar-refractivity contribution is -0.138. The maximum atomic E-state index is 12.2. The van der Waals surface area contributed by atoms with Crippen molar-refractivity contribution in [2.24, 2.45) is 5.92 Å². The Morgan fingerprint density at radius 2 is 2.11 bits per heavy atom. The Hall–Kier alpha value is -2.28. The van der Waals surface area contributed by atoms with Crippen LogP contribution in [0.25, 0.3) is 0 Å². The lowest BCUT2D eigenvalue weighted by atomic mass is 10.1. The highest BCUT2D eigenvalue weighted by Gasteiger charge is 2.37. The van der Waals surface area contributed by atoms with E-state index in [4.69, 9.17) is 9.15 Å². The van der Waals surface area contributed by atoms with Gasteiger partial charge in [-0.15, -0.1) is 0 Å². The number of carbonyl (C=O) groups excluding carboxylic acids is 2. The molecule has 2 heterocycles. The van der Waals surface area contributed by atoms with Gasteiger partial charge in [0.15, 0.2) is 0 Å². The van der Waals surface area contributed by atoms with E-state index >= 15 is 0 Å². The van der Waals surface area contributed by atoms with E-state index in [1.165, 1.54) is 6.42 Å². The predicted molar refractivity (Wildman–Crippen MR) is 98.9 cm³/mol. The fraction of sp³-hybridized carbons (Fsp3) is 0.600. The number of hydrogen-bond donors (Lipinski definition) is 2. The highest BCUT2D eigenvalue weighted by molar-refractivity contribution is 5.93. The zero-order valence-corrected chi connectivity index (χ0v) is 15.9. The quantitative estimate of drug-likeness (QED) is 0.684. The van der Waals surface area contributed by atoms with Gasteiger partial charge in [0.2, 0.25) is 0 Å². The van der Waals surface area contributed by atoms with Crippen LogP contribution in [-0.2, 0) is 16.1 Å². The van der Waals surface area contributed by atoms with E-state index in [-0.39, 0.29) is 18.5 Å². The van der Waals surface area contributed by atoms with Crippen molar-refractivity contribution in [3.05, 3.63) is 34.9 Å². The lowest BCUT2D eigenvalue weighted by Gasteiger charge is -2.27. The SMILES string of the molecule is CCOC(=O)C1=C(CN(Cc2ccc(C3CC3C)o2)C2CC2)NC(=O)NC1. The number of esters is 1. The van der Waals surface area contributed by atoms with Crippen LogP contribution >= 0.6 is 0 Å². The Labute approximate surface area is 159 Å². The molecule has 146 valence electrons.